The number of hydrogen-bond donors (Lipinski definition) is 3. The van der Waals surface area contributed by atoms with E-state index in [9.17, 15) is 9.59 Å². The summed E-state index contributed by atoms with van der Waals surface area (Å²) in [6, 6.07) is -0.266. The molecule has 0 aliphatic carbocycles. The lowest BCUT2D eigenvalue weighted by Gasteiger charge is -2.14. The van der Waals surface area contributed by atoms with Crippen molar-refractivity contribution < 1.29 is 14.7 Å². The Balaban J connectivity index is 3.80. The highest BCUT2D eigenvalue weighted by Crippen LogP contribution is 1.98. The average Bonchev–Trinajstić information content (AvgIpc) is 2.12. The van der Waals surface area contributed by atoms with Crippen LogP contribution < -0.4 is 11.1 Å². The molecule has 0 aromatic heterocycles. The number of nitrogens with two attached hydrogens (primary N) is 1. The van der Waals surface area contributed by atoms with Gasteiger partial charge in [-0.05, 0) is 19.4 Å². The zero-order chi connectivity index (χ0) is 11.0. The second-order valence-electron chi connectivity index (χ2n) is 3.16. The molecule has 0 spiro atoms. The largest absolute Gasteiger partial charge is 0.481 e. The van der Waals surface area contributed by atoms with E-state index in [1.165, 1.54) is 0 Å². The first-order valence-corrected chi connectivity index (χ1v) is 4.81. The summed E-state index contributed by atoms with van der Waals surface area (Å²) in [4.78, 5) is 21.6. The lowest BCUT2D eigenvalue weighted by molar-refractivity contribution is -0.137. The van der Waals surface area contributed by atoms with Gasteiger partial charge in [0.2, 0.25) is 5.91 Å². The molecule has 0 aliphatic rings. The zero-order valence-corrected chi connectivity index (χ0v) is 8.45. The molecule has 14 heavy (non-hydrogen) atoms. The van der Waals surface area contributed by atoms with Crippen LogP contribution in [0.1, 0.15) is 32.6 Å². The molecule has 82 valence electrons. The van der Waals surface area contributed by atoms with Gasteiger partial charge in [0.25, 0.3) is 0 Å². The number of rotatable bonds is 7. The van der Waals surface area contributed by atoms with Crippen LogP contribution in [0.25, 0.3) is 0 Å². The number of carbonyl (C=O) groups excluding carboxylic acids is 1. The Morgan fingerprint density at radius 1 is 1.50 bits per heavy atom. The molecule has 5 nitrogen and oxygen atoms in total. The fourth-order valence-electron chi connectivity index (χ4n) is 1.07. The summed E-state index contributed by atoms with van der Waals surface area (Å²) in [5, 5.41) is 11.2. The van der Waals surface area contributed by atoms with E-state index in [0.29, 0.717) is 25.8 Å². The minimum atomic E-state index is -0.893. The minimum absolute atomic E-state index is 0.0230. The Labute approximate surface area is 83.7 Å². The van der Waals surface area contributed by atoms with Crippen molar-refractivity contribution in [1.29, 1.82) is 0 Å². The Hall–Kier alpha value is -1.10. The maximum atomic E-state index is 11.2. The van der Waals surface area contributed by atoms with Crippen LogP contribution in [0.15, 0.2) is 0 Å². The second kappa shape index (κ2) is 7.32. The summed E-state index contributed by atoms with van der Waals surface area (Å²) in [7, 11) is 0. The minimum Gasteiger partial charge on any atom is -0.481 e. The number of nitrogens with one attached hydrogen (secondary N) is 1. The van der Waals surface area contributed by atoms with E-state index in [-0.39, 0.29) is 18.4 Å². The van der Waals surface area contributed by atoms with Crippen molar-refractivity contribution in [3.05, 3.63) is 0 Å². The van der Waals surface area contributed by atoms with Gasteiger partial charge < -0.3 is 16.2 Å². The second-order valence-corrected chi connectivity index (χ2v) is 3.16. The SMILES string of the molecule is CCC(CC(=O)O)NC(=O)CCCN. The molecule has 0 bridgehead atoms. The van der Waals surface area contributed by atoms with Crippen LogP contribution in [0.2, 0.25) is 0 Å². The van der Waals surface area contributed by atoms with Crippen molar-refractivity contribution in [1.82, 2.24) is 5.32 Å². The van der Waals surface area contributed by atoms with Gasteiger partial charge in [-0.15, -0.1) is 0 Å². The van der Waals surface area contributed by atoms with E-state index >= 15 is 0 Å². The third-order valence-electron chi connectivity index (χ3n) is 1.89. The van der Waals surface area contributed by atoms with Gasteiger partial charge >= 0.3 is 5.97 Å². The van der Waals surface area contributed by atoms with Crippen LogP contribution in [0.5, 0.6) is 0 Å². The number of carboxylic acids is 1. The third-order valence-corrected chi connectivity index (χ3v) is 1.89. The number of aliphatic carboxylic acids is 1. The first-order chi connectivity index (χ1) is 6.60. The van der Waals surface area contributed by atoms with Crippen molar-refractivity contribution >= 4 is 11.9 Å². The van der Waals surface area contributed by atoms with Crippen LogP contribution in [0, 0.1) is 0 Å². The molecule has 0 fully saturated rings. The maximum absolute atomic E-state index is 11.2. The quantitative estimate of drug-likeness (QED) is 0.545. The molecule has 0 radical (unpaired) electrons. The lowest BCUT2D eigenvalue weighted by atomic mass is 10.1. The molecule has 4 N–H and O–H groups in total. The fourth-order valence-corrected chi connectivity index (χ4v) is 1.07. The smallest absolute Gasteiger partial charge is 0.305 e. The fraction of sp³-hybridized carbons (Fsp3) is 0.778. The highest BCUT2D eigenvalue weighted by molar-refractivity contribution is 5.77. The van der Waals surface area contributed by atoms with Gasteiger partial charge in [0, 0.05) is 12.5 Å². The van der Waals surface area contributed by atoms with E-state index in [1.54, 1.807) is 0 Å². The lowest BCUT2D eigenvalue weighted by Crippen LogP contribution is -2.36. The van der Waals surface area contributed by atoms with Crippen LogP contribution in [0.4, 0.5) is 0 Å². The molecule has 0 aliphatic heterocycles. The number of hydrogen-bond acceptors (Lipinski definition) is 3. The molecule has 0 aromatic carbocycles. The Kier molecular flexibility index (Phi) is 6.74. The first kappa shape index (κ1) is 12.9. The molecule has 5 heteroatoms. The molecule has 0 heterocycles. The van der Waals surface area contributed by atoms with E-state index in [0.717, 1.165) is 0 Å². The molecule has 1 unspecified atom stereocenters. The summed E-state index contributed by atoms with van der Waals surface area (Å²) in [5.74, 6) is -1.01. The summed E-state index contributed by atoms with van der Waals surface area (Å²) >= 11 is 0. The van der Waals surface area contributed by atoms with E-state index in [1.807, 2.05) is 6.92 Å². The van der Waals surface area contributed by atoms with Gasteiger partial charge in [0.15, 0.2) is 0 Å². The standard InChI is InChI=1S/C9H18N2O3/c1-2-7(6-9(13)14)11-8(12)4-3-5-10/h7H,2-6,10H2,1H3,(H,11,12)(H,13,14). The average molecular weight is 202 g/mol. The Morgan fingerprint density at radius 2 is 2.14 bits per heavy atom. The number of amides is 1. The highest BCUT2D eigenvalue weighted by atomic mass is 16.4. The van der Waals surface area contributed by atoms with E-state index < -0.39 is 5.97 Å². The Morgan fingerprint density at radius 3 is 2.57 bits per heavy atom. The molecular weight excluding hydrogens is 184 g/mol. The van der Waals surface area contributed by atoms with Gasteiger partial charge in [-0.25, -0.2) is 0 Å². The predicted octanol–water partition coefficient (Wildman–Crippen LogP) is 0.0948. The van der Waals surface area contributed by atoms with Crippen molar-refractivity contribution in [2.24, 2.45) is 5.73 Å². The van der Waals surface area contributed by atoms with E-state index in [2.05, 4.69) is 5.32 Å². The van der Waals surface area contributed by atoms with Crippen LogP contribution in [-0.4, -0.2) is 29.6 Å². The highest BCUT2D eigenvalue weighted by Gasteiger charge is 2.13. The number of carbonyl (C=O) groups is 2. The monoisotopic (exact) mass is 202 g/mol. The maximum Gasteiger partial charge on any atom is 0.305 e. The summed E-state index contributed by atoms with van der Waals surface area (Å²) in [6.45, 7) is 2.32. The zero-order valence-electron chi connectivity index (χ0n) is 8.45. The van der Waals surface area contributed by atoms with Gasteiger partial charge in [0.05, 0.1) is 6.42 Å². The van der Waals surface area contributed by atoms with Crippen LogP contribution in [-0.2, 0) is 9.59 Å². The van der Waals surface area contributed by atoms with Gasteiger partial charge in [-0.1, -0.05) is 6.92 Å². The predicted molar refractivity (Wildman–Crippen MR) is 52.8 cm³/mol. The molecular formula is C9H18N2O3. The summed E-state index contributed by atoms with van der Waals surface area (Å²) < 4.78 is 0. The normalized spacial score (nSPS) is 12.1. The topological polar surface area (TPSA) is 92.4 Å². The molecule has 0 saturated heterocycles. The van der Waals surface area contributed by atoms with Gasteiger partial charge in [-0.2, -0.15) is 0 Å². The van der Waals surface area contributed by atoms with Crippen molar-refractivity contribution in [2.75, 3.05) is 6.54 Å². The number of carboxylic acid groups (broad SMARTS) is 1. The van der Waals surface area contributed by atoms with Gasteiger partial charge in [0.1, 0.15) is 0 Å². The molecule has 0 saturated carbocycles. The molecule has 0 rings (SSSR count). The molecule has 1 atom stereocenters. The van der Waals surface area contributed by atoms with Crippen LogP contribution in [0.3, 0.4) is 0 Å². The van der Waals surface area contributed by atoms with Crippen LogP contribution >= 0.6 is 0 Å². The van der Waals surface area contributed by atoms with Crippen molar-refractivity contribution in [2.45, 2.75) is 38.6 Å². The summed E-state index contributed by atoms with van der Waals surface area (Å²) in [6.07, 6.45) is 1.60. The van der Waals surface area contributed by atoms with Crippen molar-refractivity contribution in [3.8, 4) is 0 Å². The first-order valence-electron chi connectivity index (χ1n) is 4.81. The van der Waals surface area contributed by atoms with Gasteiger partial charge in [-0.3, -0.25) is 9.59 Å². The molecule has 1 amide bonds. The molecule has 0 aromatic rings. The third kappa shape index (κ3) is 6.42. The van der Waals surface area contributed by atoms with Crippen molar-refractivity contribution in [3.63, 3.8) is 0 Å². The summed E-state index contributed by atoms with van der Waals surface area (Å²) in [5.41, 5.74) is 5.25. The Bertz CT molecular complexity index is 194. The van der Waals surface area contributed by atoms with E-state index in [4.69, 9.17) is 10.8 Å².